The van der Waals surface area contributed by atoms with Crippen molar-refractivity contribution in [3.05, 3.63) is 51.3 Å². The Kier molecular flexibility index (Phi) is 4.20. The van der Waals surface area contributed by atoms with E-state index in [1.807, 2.05) is 30.3 Å². The molecule has 2 rings (SSSR count). The maximum absolute atomic E-state index is 5.84. The molecule has 1 N–H and O–H groups in total. The fraction of sp³-hybridized carbons (Fsp3) is 0.250. The summed E-state index contributed by atoms with van der Waals surface area (Å²) in [5, 5.41) is 7.86. The number of hydrogen-bond acceptors (Lipinski definition) is 3. The van der Waals surface area contributed by atoms with Crippen LogP contribution in [0.2, 0.25) is 5.02 Å². The van der Waals surface area contributed by atoms with Gasteiger partial charge in [0.2, 0.25) is 0 Å². The van der Waals surface area contributed by atoms with Gasteiger partial charge in [-0.2, -0.15) is 0 Å². The molecule has 0 amide bonds. The smallest absolute Gasteiger partial charge is 0.151 e. The van der Waals surface area contributed by atoms with Crippen LogP contribution >= 0.6 is 27.5 Å². The molecule has 17 heavy (non-hydrogen) atoms. The largest absolute Gasteiger partial charge is 0.359 e. The second-order valence-corrected chi connectivity index (χ2v) is 5.02. The zero-order valence-corrected chi connectivity index (χ0v) is 11.6. The number of hydrogen-bond donors (Lipinski definition) is 1. The fourth-order valence-electron chi connectivity index (χ4n) is 1.49. The molecule has 0 fully saturated rings. The molecule has 0 spiro atoms. The first-order chi connectivity index (χ1) is 8.15. The molecule has 0 bridgehead atoms. The first kappa shape index (κ1) is 12.6. The van der Waals surface area contributed by atoms with E-state index >= 15 is 0 Å². The topological polar surface area (TPSA) is 38.1 Å². The van der Waals surface area contributed by atoms with Crippen molar-refractivity contribution in [3.63, 3.8) is 0 Å². The second kappa shape index (κ2) is 5.67. The Morgan fingerprint density at radius 3 is 2.71 bits per heavy atom. The second-order valence-electron chi connectivity index (χ2n) is 3.77. The average Bonchev–Trinajstić information content (AvgIpc) is 2.73. The number of nitrogens with zero attached hydrogens (tertiary/aromatic N) is 1. The standard InChI is InChI=1S/C12H12BrClN2O/c1-8(9-2-4-10(14)5-3-9)15-7-11-6-12(13)16-17-11/h2-6,8,15H,7H2,1H3. The van der Waals surface area contributed by atoms with E-state index in [4.69, 9.17) is 16.1 Å². The molecule has 2 aromatic rings. The lowest BCUT2D eigenvalue weighted by molar-refractivity contribution is 0.363. The third-order valence-electron chi connectivity index (χ3n) is 2.48. The molecule has 1 aromatic carbocycles. The molecule has 0 radical (unpaired) electrons. The van der Waals surface area contributed by atoms with Gasteiger partial charge in [0.25, 0.3) is 0 Å². The average molecular weight is 316 g/mol. The lowest BCUT2D eigenvalue weighted by atomic mass is 10.1. The molecule has 5 heteroatoms. The first-order valence-electron chi connectivity index (χ1n) is 5.25. The van der Waals surface area contributed by atoms with Crippen LogP contribution in [0, 0.1) is 0 Å². The Balaban J connectivity index is 1.93. The molecule has 0 aliphatic carbocycles. The van der Waals surface area contributed by atoms with Crippen molar-refractivity contribution in [2.24, 2.45) is 0 Å². The van der Waals surface area contributed by atoms with Crippen LogP contribution in [0.4, 0.5) is 0 Å². The van der Waals surface area contributed by atoms with Crippen LogP contribution in [0.25, 0.3) is 0 Å². The van der Waals surface area contributed by atoms with E-state index in [1.54, 1.807) is 0 Å². The molecule has 0 aliphatic rings. The molecule has 1 atom stereocenters. The highest BCUT2D eigenvalue weighted by Crippen LogP contribution is 2.17. The minimum absolute atomic E-state index is 0.233. The number of halogens is 2. The predicted molar refractivity (Wildman–Crippen MR) is 70.9 cm³/mol. The Hall–Kier alpha value is -0.840. The third kappa shape index (κ3) is 3.56. The highest BCUT2D eigenvalue weighted by atomic mass is 79.9. The number of benzene rings is 1. The van der Waals surface area contributed by atoms with Gasteiger partial charge < -0.3 is 9.84 Å². The summed E-state index contributed by atoms with van der Waals surface area (Å²) < 4.78 is 5.81. The van der Waals surface area contributed by atoms with Gasteiger partial charge in [-0.3, -0.25) is 0 Å². The van der Waals surface area contributed by atoms with Gasteiger partial charge in [0.05, 0.1) is 6.54 Å². The molecule has 1 unspecified atom stereocenters. The van der Waals surface area contributed by atoms with E-state index in [0.29, 0.717) is 11.1 Å². The van der Waals surface area contributed by atoms with E-state index in [-0.39, 0.29) is 6.04 Å². The summed E-state index contributed by atoms with van der Waals surface area (Å²) in [6, 6.07) is 9.88. The van der Waals surface area contributed by atoms with Crippen LogP contribution in [-0.2, 0) is 6.54 Å². The Morgan fingerprint density at radius 2 is 2.12 bits per heavy atom. The molecule has 0 saturated heterocycles. The van der Waals surface area contributed by atoms with Crippen LogP contribution in [0.1, 0.15) is 24.3 Å². The van der Waals surface area contributed by atoms with Gasteiger partial charge in [-0.1, -0.05) is 28.9 Å². The quantitative estimate of drug-likeness (QED) is 0.928. The van der Waals surface area contributed by atoms with Gasteiger partial charge in [0.1, 0.15) is 4.60 Å². The van der Waals surface area contributed by atoms with Crippen LogP contribution in [-0.4, -0.2) is 5.16 Å². The van der Waals surface area contributed by atoms with Crippen molar-refractivity contribution < 1.29 is 4.52 Å². The van der Waals surface area contributed by atoms with E-state index in [0.717, 1.165) is 10.8 Å². The normalized spacial score (nSPS) is 12.6. The van der Waals surface area contributed by atoms with Gasteiger partial charge in [-0.25, -0.2) is 0 Å². The summed E-state index contributed by atoms with van der Waals surface area (Å²) >= 11 is 9.09. The predicted octanol–water partition coefficient (Wildman–Crippen LogP) is 3.94. The zero-order valence-electron chi connectivity index (χ0n) is 9.28. The summed E-state index contributed by atoms with van der Waals surface area (Å²) in [5.41, 5.74) is 1.19. The summed E-state index contributed by atoms with van der Waals surface area (Å²) in [5.74, 6) is 0.803. The molecular formula is C12H12BrClN2O. The summed E-state index contributed by atoms with van der Waals surface area (Å²) in [7, 11) is 0. The maximum Gasteiger partial charge on any atom is 0.151 e. The van der Waals surface area contributed by atoms with Crippen molar-refractivity contribution in [3.8, 4) is 0 Å². The molecule has 1 aromatic heterocycles. The van der Waals surface area contributed by atoms with Gasteiger partial charge in [0, 0.05) is 17.1 Å². The minimum atomic E-state index is 0.233. The monoisotopic (exact) mass is 314 g/mol. The number of nitrogens with one attached hydrogen (secondary N) is 1. The van der Waals surface area contributed by atoms with Gasteiger partial charge in [-0.05, 0) is 40.5 Å². The zero-order chi connectivity index (χ0) is 12.3. The van der Waals surface area contributed by atoms with Gasteiger partial charge >= 0.3 is 0 Å². The summed E-state index contributed by atoms with van der Waals surface area (Å²) in [6.45, 7) is 2.73. The van der Waals surface area contributed by atoms with Crippen molar-refractivity contribution >= 4 is 27.5 Å². The third-order valence-corrected chi connectivity index (χ3v) is 3.11. The summed E-state index contributed by atoms with van der Waals surface area (Å²) in [4.78, 5) is 0. The van der Waals surface area contributed by atoms with E-state index in [1.165, 1.54) is 5.56 Å². The molecule has 90 valence electrons. The van der Waals surface area contributed by atoms with Crippen LogP contribution in [0.3, 0.4) is 0 Å². The van der Waals surface area contributed by atoms with Crippen LogP contribution < -0.4 is 5.32 Å². The van der Waals surface area contributed by atoms with E-state index in [9.17, 15) is 0 Å². The minimum Gasteiger partial charge on any atom is -0.359 e. The van der Waals surface area contributed by atoms with Crippen molar-refractivity contribution in [1.29, 1.82) is 0 Å². The van der Waals surface area contributed by atoms with E-state index < -0.39 is 0 Å². The number of aromatic nitrogens is 1. The SMILES string of the molecule is CC(NCc1cc(Br)no1)c1ccc(Cl)cc1. The summed E-state index contributed by atoms with van der Waals surface area (Å²) in [6.07, 6.45) is 0. The highest BCUT2D eigenvalue weighted by molar-refractivity contribution is 9.10. The Labute approximate surface area is 113 Å². The van der Waals surface area contributed by atoms with Crippen molar-refractivity contribution in [2.75, 3.05) is 0 Å². The Morgan fingerprint density at radius 1 is 1.41 bits per heavy atom. The fourth-order valence-corrected chi connectivity index (χ4v) is 1.95. The molecule has 0 aliphatic heterocycles. The van der Waals surface area contributed by atoms with Crippen molar-refractivity contribution in [2.45, 2.75) is 19.5 Å². The lowest BCUT2D eigenvalue weighted by Gasteiger charge is -2.12. The molecule has 1 heterocycles. The van der Waals surface area contributed by atoms with Crippen molar-refractivity contribution in [1.82, 2.24) is 10.5 Å². The number of rotatable bonds is 4. The molecular weight excluding hydrogens is 304 g/mol. The van der Waals surface area contributed by atoms with Gasteiger partial charge in [0.15, 0.2) is 5.76 Å². The maximum atomic E-state index is 5.84. The molecule has 3 nitrogen and oxygen atoms in total. The Bertz CT molecular complexity index is 484. The van der Waals surface area contributed by atoms with E-state index in [2.05, 4.69) is 33.3 Å². The molecule has 0 saturated carbocycles. The highest BCUT2D eigenvalue weighted by Gasteiger charge is 2.07. The first-order valence-corrected chi connectivity index (χ1v) is 6.42. The van der Waals surface area contributed by atoms with Crippen LogP contribution in [0.15, 0.2) is 39.5 Å². The lowest BCUT2D eigenvalue weighted by Crippen LogP contribution is -2.17. The van der Waals surface area contributed by atoms with Crippen LogP contribution in [0.5, 0.6) is 0 Å². The van der Waals surface area contributed by atoms with Gasteiger partial charge in [-0.15, -0.1) is 0 Å².